The van der Waals surface area contributed by atoms with Crippen LogP contribution in [0.15, 0.2) is 36.7 Å². The molecule has 1 aromatic carbocycles. The minimum absolute atomic E-state index is 0.672. The third kappa shape index (κ3) is 1.92. The Morgan fingerprint density at radius 3 is 2.93 bits per heavy atom. The van der Waals surface area contributed by atoms with Crippen LogP contribution in [0, 0.1) is 11.3 Å². The van der Waals surface area contributed by atoms with Crippen LogP contribution in [0.5, 0.6) is 0 Å². The summed E-state index contributed by atoms with van der Waals surface area (Å²) >= 11 is 3.37. The van der Waals surface area contributed by atoms with E-state index in [0.29, 0.717) is 10.9 Å². The van der Waals surface area contributed by atoms with Crippen LogP contribution in [0.1, 0.15) is 11.1 Å². The molecular weight excluding hydrogens is 254 g/mol. The fourth-order valence-electron chi connectivity index (χ4n) is 1.36. The van der Waals surface area contributed by atoms with Crippen molar-refractivity contribution in [1.29, 1.82) is 5.26 Å². The maximum absolute atomic E-state index is 8.88. The first-order valence-corrected chi connectivity index (χ1v) is 5.56. The molecule has 1 heterocycles. The summed E-state index contributed by atoms with van der Waals surface area (Å²) in [7, 11) is 0. The molecule has 2 aromatic rings. The van der Waals surface area contributed by atoms with Gasteiger partial charge < -0.3 is 0 Å². The highest BCUT2D eigenvalue weighted by atomic mass is 79.9. The molecule has 0 spiro atoms. The number of hydrogen-bond acceptors (Lipinski definition) is 2. The maximum atomic E-state index is 8.88. The molecule has 0 N–H and O–H groups in total. The van der Waals surface area contributed by atoms with Crippen molar-refractivity contribution in [2.75, 3.05) is 0 Å². The van der Waals surface area contributed by atoms with Gasteiger partial charge in [0.1, 0.15) is 0 Å². The van der Waals surface area contributed by atoms with Gasteiger partial charge in [0, 0.05) is 17.7 Å². The van der Waals surface area contributed by atoms with E-state index in [1.54, 1.807) is 10.9 Å². The summed E-state index contributed by atoms with van der Waals surface area (Å²) < 4.78 is 1.77. The molecule has 0 aliphatic carbocycles. The molecular formula is C11H8BrN3. The molecule has 0 fully saturated rings. The Morgan fingerprint density at radius 2 is 2.33 bits per heavy atom. The van der Waals surface area contributed by atoms with E-state index in [9.17, 15) is 0 Å². The number of halogens is 1. The van der Waals surface area contributed by atoms with Gasteiger partial charge in [0.2, 0.25) is 0 Å². The lowest BCUT2D eigenvalue weighted by molar-refractivity contribution is 0.878. The molecule has 4 heteroatoms. The van der Waals surface area contributed by atoms with Crippen LogP contribution < -0.4 is 0 Å². The topological polar surface area (TPSA) is 41.6 Å². The van der Waals surface area contributed by atoms with Crippen molar-refractivity contribution in [3.8, 4) is 11.8 Å². The second-order valence-corrected chi connectivity index (χ2v) is 3.60. The number of alkyl halides is 1. The first-order valence-electron chi connectivity index (χ1n) is 4.44. The SMILES string of the molecule is N#Cc1ccc(-n2cccn2)cc1CBr. The Kier molecular flexibility index (Phi) is 2.84. The smallest absolute Gasteiger partial charge is 0.0994 e. The first-order chi connectivity index (χ1) is 7.35. The fraction of sp³-hybridized carbons (Fsp3) is 0.0909. The predicted molar refractivity (Wildman–Crippen MR) is 60.9 cm³/mol. The van der Waals surface area contributed by atoms with E-state index in [-0.39, 0.29) is 0 Å². The van der Waals surface area contributed by atoms with Crippen LogP contribution in [0.2, 0.25) is 0 Å². The lowest BCUT2D eigenvalue weighted by Gasteiger charge is -2.04. The van der Waals surface area contributed by atoms with Crippen molar-refractivity contribution in [1.82, 2.24) is 9.78 Å². The highest BCUT2D eigenvalue weighted by Gasteiger charge is 2.03. The third-order valence-corrected chi connectivity index (χ3v) is 2.73. The zero-order valence-corrected chi connectivity index (χ0v) is 9.48. The van der Waals surface area contributed by atoms with E-state index in [4.69, 9.17) is 5.26 Å². The molecule has 0 bridgehead atoms. The maximum Gasteiger partial charge on any atom is 0.0994 e. The summed E-state index contributed by atoms with van der Waals surface area (Å²) in [6.07, 6.45) is 3.60. The monoisotopic (exact) mass is 261 g/mol. The number of aromatic nitrogens is 2. The summed E-state index contributed by atoms with van der Waals surface area (Å²) in [5.74, 6) is 0. The first kappa shape index (κ1) is 9.94. The van der Waals surface area contributed by atoms with Gasteiger partial charge in [-0.15, -0.1) is 0 Å². The Morgan fingerprint density at radius 1 is 1.47 bits per heavy atom. The minimum Gasteiger partial charge on any atom is -0.241 e. The Hall–Kier alpha value is -1.60. The standard InChI is InChI=1S/C11H8BrN3/c12-7-10-6-11(3-2-9(10)8-13)15-5-1-4-14-15/h1-6H,7H2. The van der Waals surface area contributed by atoms with Gasteiger partial charge in [0.15, 0.2) is 0 Å². The van der Waals surface area contributed by atoms with Gasteiger partial charge in [-0.3, -0.25) is 0 Å². The largest absolute Gasteiger partial charge is 0.241 e. The zero-order valence-electron chi connectivity index (χ0n) is 7.89. The number of nitriles is 1. The lowest BCUT2D eigenvalue weighted by atomic mass is 10.1. The molecule has 0 amide bonds. The summed E-state index contributed by atoms with van der Waals surface area (Å²) in [6.45, 7) is 0. The highest BCUT2D eigenvalue weighted by Crippen LogP contribution is 2.16. The summed E-state index contributed by atoms with van der Waals surface area (Å²) in [5.41, 5.74) is 2.64. The van der Waals surface area contributed by atoms with Crippen molar-refractivity contribution in [3.05, 3.63) is 47.8 Å². The van der Waals surface area contributed by atoms with Crippen LogP contribution in [0.4, 0.5) is 0 Å². The molecule has 0 saturated carbocycles. The number of nitrogens with zero attached hydrogens (tertiary/aromatic N) is 3. The average Bonchev–Trinajstić information content (AvgIpc) is 2.81. The van der Waals surface area contributed by atoms with Gasteiger partial charge in [-0.05, 0) is 29.8 Å². The van der Waals surface area contributed by atoms with Crippen LogP contribution in [-0.4, -0.2) is 9.78 Å². The van der Waals surface area contributed by atoms with Crippen molar-refractivity contribution >= 4 is 15.9 Å². The number of benzene rings is 1. The second-order valence-electron chi connectivity index (χ2n) is 3.04. The van der Waals surface area contributed by atoms with Gasteiger partial charge >= 0.3 is 0 Å². The summed E-state index contributed by atoms with van der Waals surface area (Å²) in [6, 6.07) is 9.68. The fourth-order valence-corrected chi connectivity index (χ4v) is 1.83. The lowest BCUT2D eigenvalue weighted by Crippen LogP contribution is -1.96. The predicted octanol–water partition coefficient (Wildman–Crippen LogP) is 2.64. The van der Waals surface area contributed by atoms with Crippen LogP contribution >= 0.6 is 15.9 Å². The van der Waals surface area contributed by atoms with E-state index in [1.807, 2.05) is 30.5 Å². The Balaban J connectivity index is 2.49. The van der Waals surface area contributed by atoms with Crippen LogP contribution in [0.3, 0.4) is 0 Å². The normalized spacial score (nSPS) is 9.87. The number of hydrogen-bond donors (Lipinski definition) is 0. The van der Waals surface area contributed by atoms with Crippen LogP contribution in [0.25, 0.3) is 5.69 Å². The van der Waals surface area contributed by atoms with Gasteiger partial charge in [0.05, 0.1) is 17.3 Å². The minimum atomic E-state index is 0.672. The molecule has 0 saturated heterocycles. The van der Waals surface area contributed by atoms with E-state index < -0.39 is 0 Å². The zero-order chi connectivity index (χ0) is 10.7. The Bertz CT molecular complexity index is 497. The number of rotatable bonds is 2. The van der Waals surface area contributed by atoms with Gasteiger partial charge in [-0.1, -0.05) is 15.9 Å². The summed E-state index contributed by atoms with van der Waals surface area (Å²) in [5, 5.41) is 13.7. The van der Waals surface area contributed by atoms with Gasteiger partial charge in [0.25, 0.3) is 0 Å². The van der Waals surface area contributed by atoms with Crippen molar-refractivity contribution in [3.63, 3.8) is 0 Å². The van der Waals surface area contributed by atoms with Gasteiger partial charge in [-0.2, -0.15) is 10.4 Å². The van der Waals surface area contributed by atoms with Gasteiger partial charge in [-0.25, -0.2) is 4.68 Å². The molecule has 3 nitrogen and oxygen atoms in total. The van der Waals surface area contributed by atoms with Crippen LogP contribution in [-0.2, 0) is 5.33 Å². The molecule has 0 aliphatic heterocycles. The molecule has 74 valence electrons. The second kappa shape index (κ2) is 4.28. The molecule has 0 aliphatic rings. The van der Waals surface area contributed by atoms with E-state index in [1.165, 1.54) is 0 Å². The molecule has 15 heavy (non-hydrogen) atoms. The quantitative estimate of drug-likeness (QED) is 0.780. The third-order valence-electron chi connectivity index (χ3n) is 2.12. The average molecular weight is 262 g/mol. The molecule has 2 rings (SSSR count). The Labute approximate surface area is 96.1 Å². The van der Waals surface area contributed by atoms with Crippen molar-refractivity contribution in [2.24, 2.45) is 0 Å². The molecule has 0 atom stereocenters. The molecule has 1 aromatic heterocycles. The summed E-state index contributed by atoms with van der Waals surface area (Å²) in [4.78, 5) is 0. The molecule has 0 unspecified atom stereocenters. The van der Waals surface area contributed by atoms with Crippen molar-refractivity contribution < 1.29 is 0 Å². The van der Waals surface area contributed by atoms with E-state index in [0.717, 1.165) is 11.3 Å². The van der Waals surface area contributed by atoms with E-state index >= 15 is 0 Å². The van der Waals surface area contributed by atoms with E-state index in [2.05, 4.69) is 27.1 Å². The highest BCUT2D eigenvalue weighted by molar-refractivity contribution is 9.08. The van der Waals surface area contributed by atoms with Crippen molar-refractivity contribution in [2.45, 2.75) is 5.33 Å². The molecule has 0 radical (unpaired) electrons.